The van der Waals surface area contributed by atoms with Crippen molar-refractivity contribution in [2.45, 2.75) is 25.3 Å². The highest BCUT2D eigenvalue weighted by atomic mass is 19.3. The maximum atomic E-state index is 12.0. The first-order chi connectivity index (χ1) is 10.7. The van der Waals surface area contributed by atoms with Crippen molar-refractivity contribution in [2.75, 3.05) is 31.6 Å². The topological polar surface area (TPSA) is 50.8 Å². The summed E-state index contributed by atoms with van der Waals surface area (Å²) in [6, 6.07) is 6.62. The summed E-state index contributed by atoms with van der Waals surface area (Å²) in [5.74, 6) is -0.132. The third-order valence-corrected chi connectivity index (χ3v) is 4.63. The summed E-state index contributed by atoms with van der Waals surface area (Å²) < 4.78 is 17.8. The molecule has 0 saturated carbocycles. The van der Waals surface area contributed by atoms with E-state index in [4.69, 9.17) is 4.74 Å². The maximum absolute atomic E-state index is 12.0. The number of halogens is 1. The zero-order valence-corrected chi connectivity index (χ0v) is 12.7. The molecular formula is C16H21FN2O3. The van der Waals surface area contributed by atoms with Gasteiger partial charge < -0.3 is 15.0 Å². The molecule has 1 aromatic carbocycles. The highest BCUT2D eigenvalue weighted by molar-refractivity contribution is 5.72. The average Bonchev–Trinajstić information content (AvgIpc) is 2.60. The fourth-order valence-electron chi connectivity index (χ4n) is 3.18. The lowest BCUT2D eigenvalue weighted by Crippen LogP contribution is -2.38. The molecule has 120 valence electrons. The minimum absolute atomic E-state index is 0.327. The van der Waals surface area contributed by atoms with Gasteiger partial charge in [0.25, 0.3) is 0 Å². The Hall–Kier alpha value is -1.82. The average molecular weight is 308 g/mol. The van der Waals surface area contributed by atoms with Crippen LogP contribution in [0.15, 0.2) is 18.2 Å². The van der Waals surface area contributed by atoms with Crippen LogP contribution in [0.1, 0.15) is 18.4 Å². The number of benzene rings is 1. The van der Waals surface area contributed by atoms with E-state index < -0.39 is 5.97 Å². The fraction of sp³-hybridized carbons (Fsp3) is 0.562. The largest absolute Gasteiger partial charge is 0.492 e. The van der Waals surface area contributed by atoms with Crippen molar-refractivity contribution in [3.63, 3.8) is 0 Å². The number of ether oxygens (including phenoxy) is 1. The molecule has 0 bridgehead atoms. The van der Waals surface area contributed by atoms with Crippen LogP contribution in [0.5, 0.6) is 5.75 Å². The number of hydrogen-bond acceptors (Lipinski definition) is 5. The van der Waals surface area contributed by atoms with Gasteiger partial charge in [0.1, 0.15) is 12.4 Å². The number of piperidine rings is 1. The van der Waals surface area contributed by atoms with Crippen molar-refractivity contribution in [3.05, 3.63) is 23.8 Å². The first-order valence-electron chi connectivity index (χ1n) is 7.71. The van der Waals surface area contributed by atoms with Gasteiger partial charge in [0.15, 0.2) is 0 Å². The van der Waals surface area contributed by atoms with Crippen LogP contribution in [0.2, 0.25) is 0 Å². The van der Waals surface area contributed by atoms with E-state index in [1.807, 2.05) is 7.05 Å². The van der Waals surface area contributed by atoms with E-state index in [2.05, 4.69) is 33.4 Å². The van der Waals surface area contributed by atoms with Crippen molar-refractivity contribution in [1.29, 1.82) is 0 Å². The molecule has 22 heavy (non-hydrogen) atoms. The second-order valence-corrected chi connectivity index (χ2v) is 5.95. The summed E-state index contributed by atoms with van der Waals surface area (Å²) in [6.07, 6.45) is 2.20. The molecule has 1 aromatic rings. The van der Waals surface area contributed by atoms with Crippen LogP contribution >= 0.6 is 0 Å². The first-order valence-corrected chi connectivity index (χ1v) is 7.71. The molecule has 1 fully saturated rings. The van der Waals surface area contributed by atoms with Gasteiger partial charge >= 0.3 is 5.97 Å². The van der Waals surface area contributed by atoms with E-state index in [1.165, 1.54) is 5.56 Å². The second-order valence-electron chi connectivity index (χ2n) is 5.95. The molecule has 0 aromatic heterocycles. The van der Waals surface area contributed by atoms with Gasteiger partial charge in [0.2, 0.25) is 0 Å². The van der Waals surface area contributed by atoms with Gasteiger partial charge in [-0.3, -0.25) is 4.94 Å². The summed E-state index contributed by atoms with van der Waals surface area (Å²) in [6.45, 7) is 2.12. The zero-order chi connectivity index (χ0) is 15.5. The van der Waals surface area contributed by atoms with Gasteiger partial charge in [-0.25, -0.2) is 4.79 Å². The van der Waals surface area contributed by atoms with Crippen molar-refractivity contribution >= 4 is 11.7 Å². The molecule has 0 amide bonds. The standard InChI is InChI=1S/C16H21FN2O3/c1-18-13-8-12-2-3-14(9-15(12)21-10-13)19-6-4-11(5-7-19)16(20)22-17/h2-3,9,11,13,18H,4-8,10H2,1H3. The lowest BCUT2D eigenvalue weighted by Gasteiger charge is -2.33. The minimum Gasteiger partial charge on any atom is -0.492 e. The summed E-state index contributed by atoms with van der Waals surface area (Å²) in [4.78, 5) is 16.8. The number of nitrogens with one attached hydrogen (secondary N) is 1. The van der Waals surface area contributed by atoms with Crippen molar-refractivity contribution in [2.24, 2.45) is 5.92 Å². The predicted octanol–water partition coefficient (Wildman–Crippen LogP) is 1.85. The third-order valence-electron chi connectivity index (χ3n) is 4.63. The molecule has 2 aliphatic rings. The number of hydrogen-bond donors (Lipinski definition) is 1. The molecule has 2 heterocycles. The summed E-state index contributed by atoms with van der Waals surface area (Å²) in [7, 11) is 1.94. The van der Waals surface area contributed by atoms with E-state index in [0.29, 0.717) is 25.5 Å². The van der Waals surface area contributed by atoms with Crippen LogP contribution < -0.4 is 15.0 Å². The molecule has 1 saturated heterocycles. The molecule has 2 aliphatic heterocycles. The number of carbonyl (C=O) groups excluding carboxylic acids is 1. The summed E-state index contributed by atoms with van der Waals surface area (Å²) >= 11 is 0. The number of nitrogens with zero attached hydrogens (tertiary/aromatic N) is 1. The van der Waals surface area contributed by atoms with Crippen LogP contribution in [0.3, 0.4) is 0 Å². The smallest absolute Gasteiger partial charge is 0.351 e. The summed E-state index contributed by atoms with van der Waals surface area (Å²) in [5, 5.41) is 3.23. The Labute approximate surface area is 129 Å². The monoisotopic (exact) mass is 308 g/mol. The SMILES string of the molecule is CNC1COc2cc(N3CCC(C(=O)OF)CC3)ccc2C1. The molecule has 1 unspecified atom stereocenters. The Morgan fingerprint density at radius 1 is 1.41 bits per heavy atom. The van der Waals surface area contributed by atoms with Crippen LogP contribution in [0, 0.1) is 5.92 Å². The highest BCUT2D eigenvalue weighted by Crippen LogP contribution is 2.32. The number of anilines is 1. The van der Waals surface area contributed by atoms with Gasteiger partial charge in [-0.05, 0) is 37.9 Å². The van der Waals surface area contributed by atoms with E-state index in [1.54, 1.807) is 0 Å². The molecule has 1 atom stereocenters. The van der Waals surface area contributed by atoms with E-state index in [0.717, 1.165) is 30.9 Å². The first kappa shape index (κ1) is 15.1. The van der Waals surface area contributed by atoms with Crippen molar-refractivity contribution < 1.29 is 19.0 Å². The quantitative estimate of drug-likeness (QED) is 0.923. The Morgan fingerprint density at radius 3 is 2.86 bits per heavy atom. The van der Waals surface area contributed by atoms with Crippen molar-refractivity contribution in [1.82, 2.24) is 5.32 Å². The van der Waals surface area contributed by atoms with Crippen LogP contribution in [0.25, 0.3) is 0 Å². The highest BCUT2D eigenvalue weighted by Gasteiger charge is 2.27. The fourth-order valence-corrected chi connectivity index (χ4v) is 3.18. The maximum Gasteiger partial charge on any atom is 0.351 e. The second kappa shape index (κ2) is 6.52. The van der Waals surface area contributed by atoms with Crippen LogP contribution in [-0.4, -0.2) is 38.8 Å². The van der Waals surface area contributed by atoms with Gasteiger partial charge in [0, 0.05) is 35.4 Å². The predicted molar refractivity (Wildman–Crippen MR) is 80.6 cm³/mol. The van der Waals surface area contributed by atoms with Gasteiger partial charge in [-0.2, -0.15) is 0 Å². The molecule has 3 rings (SSSR count). The zero-order valence-electron chi connectivity index (χ0n) is 12.7. The van der Waals surface area contributed by atoms with E-state index in [9.17, 15) is 9.32 Å². The Morgan fingerprint density at radius 2 is 2.18 bits per heavy atom. The van der Waals surface area contributed by atoms with Crippen LogP contribution in [0.4, 0.5) is 10.2 Å². The Bertz CT molecular complexity index is 544. The molecule has 0 radical (unpaired) electrons. The lowest BCUT2D eigenvalue weighted by molar-refractivity contribution is -0.189. The molecule has 0 spiro atoms. The van der Waals surface area contributed by atoms with E-state index >= 15 is 0 Å². The summed E-state index contributed by atoms with van der Waals surface area (Å²) in [5.41, 5.74) is 2.30. The molecular weight excluding hydrogens is 287 g/mol. The number of carbonyl (C=O) groups is 1. The van der Waals surface area contributed by atoms with Gasteiger partial charge in [-0.15, -0.1) is 0 Å². The normalized spacial score (nSPS) is 21.9. The molecule has 0 aliphatic carbocycles. The van der Waals surface area contributed by atoms with E-state index in [-0.39, 0.29) is 5.92 Å². The minimum atomic E-state index is -0.744. The number of rotatable bonds is 3. The molecule has 6 heteroatoms. The molecule has 5 nitrogen and oxygen atoms in total. The Kier molecular flexibility index (Phi) is 4.47. The molecule has 1 N–H and O–H groups in total. The van der Waals surface area contributed by atoms with Crippen LogP contribution in [-0.2, 0) is 16.2 Å². The van der Waals surface area contributed by atoms with Crippen molar-refractivity contribution in [3.8, 4) is 5.75 Å². The number of likely N-dealkylation sites (N-methyl/N-ethyl adjacent to an activating group) is 1. The third kappa shape index (κ3) is 3.02. The number of fused-ring (bicyclic) bond motifs is 1. The van der Waals surface area contributed by atoms with Gasteiger partial charge in [-0.1, -0.05) is 6.07 Å². The van der Waals surface area contributed by atoms with Gasteiger partial charge in [0.05, 0.1) is 5.92 Å². The Balaban J connectivity index is 1.66. The lowest BCUT2D eigenvalue weighted by atomic mass is 9.96.